The van der Waals surface area contributed by atoms with E-state index in [0.29, 0.717) is 0 Å². The summed E-state index contributed by atoms with van der Waals surface area (Å²) in [5.41, 5.74) is -0.107. The number of halogens is 1. The average Bonchev–Trinajstić information content (AvgIpc) is 2.28. The topological polar surface area (TPSA) is 55.8 Å². The maximum absolute atomic E-state index is 13.3. The van der Waals surface area contributed by atoms with Gasteiger partial charge in [0.15, 0.2) is 5.85 Å². The zero-order chi connectivity index (χ0) is 11.5. The summed E-state index contributed by atoms with van der Waals surface area (Å²) in [6.07, 6.45) is 0. The number of rotatable bonds is 4. The van der Waals surface area contributed by atoms with Crippen LogP contribution in [0.5, 0.6) is 0 Å². The summed E-state index contributed by atoms with van der Waals surface area (Å²) in [5.74, 6) is -2.27. The van der Waals surface area contributed by atoms with Crippen LogP contribution in [-0.2, 0) is 13.6 Å². The van der Waals surface area contributed by atoms with Crippen molar-refractivity contribution in [2.45, 2.75) is 5.85 Å². The third kappa shape index (κ3) is 2.44. The summed E-state index contributed by atoms with van der Waals surface area (Å²) in [6.45, 7) is 0. The Kier molecular flexibility index (Phi) is 3.99. The van der Waals surface area contributed by atoms with E-state index in [4.69, 9.17) is 0 Å². The molecule has 1 N–H and O–H groups in total. The summed E-state index contributed by atoms with van der Waals surface area (Å²) in [4.78, 5) is 0. The number of benzene rings is 1. The van der Waals surface area contributed by atoms with Crippen LogP contribution in [0.3, 0.4) is 0 Å². The van der Waals surface area contributed by atoms with Crippen molar-refractivity contribution in [1.29, 1.82) is 0 Å². The van der Waals surface area contributed by atoms with Crippen molar-refractivity contribution in [3.63, 3.8) is 0 Å². The smallest absolute Gasteiger partial charge is 0.363 e. The lowest BCUT2D eigenvalue weighted by Crippen LogP contribution is -2.04. The fourth-order valence-corrected chi connectivity index (χ4v) is 2.23. The van der Waals surface area contributed by atoms with E-state index in [2.05, 4.69) is 9.05 Å². The number of hydrogen-bond acceptors (Lipinski definition) is 4. The van der Waals surface area contributed by atoms with Crippen LogP contribution >= 0.6 is 7.60 Å². The first-order chi connectivity index (χ1) is 7.05. The minimum absolute atomic E-state index is 0.107. The summed E-state index contributed by atoms with van der Waals surface area (Å²) in [5, 5.41) is 9.67. The molecule has 0 aliphatic rings. The zero-order valence-electron chi connectivity index (χ0n) is 8.38. The van der Waals surface area contributed by atoms with Gasteiger partial charge in [0.1, 0.15) is 5.82 Å². The lowest BCUT2D eigenvalue weighted by atomic mass is 10.2. The van der Waals surface area contributed by atoms with Crippen LogP contribution in [-0.4, -0.2) is 19.3 Å². The van der Waals surface area contributed by atoms with Crippen LogP contribution in [0.25, 0.3) is 0 Å². The van der Waals surface area contributed by atoms with Crippen molar-refractivity contribution in [3.8, 4) is 0 Å². The lowest BCUT2D eigenvalue weighted by molar-refractivity contribution is 0.173. The summed E-state index contributed by atoms with van der Waals surface area (Å²) < 4.78 is 34.1. The Morgan fingerprint density at radius 1 is 1.33 bits per heavy atom. The highest BCUT2D eigenvalue weighted by molar-refractivity contribution is 7.53. The van der Waals surface area contributed by atoms with Crippen LogP contribution in [0, 0.1) is 5.82 Å². The highest BCUT2D eigenvalue weighted by Gasteiger charge is 2.35. The zero-order valence-corrected chi connectivity index (χ0v) is 9.28. The average molecular weight is 234 g/mol. The SMILES string of the molecule is COP(=O)(OC)[C@@H](O)c1ccccc1F. The Balaban J connectivity index is 3.09. The Morgan fingerprint density at radius 3 is 2.33 bits per heavy atom. The van der Waals surface area contributed by atoms with Gasteiger partial charge >= 0.3 is 7.60 Å². The van der Waals surface area contributed by atoms with Gasteiger partial charge in [0.25, 0.3) is 0 Å². The molecule has 6 heteroatoms. The predicted molar refractivity (Wildman–Crippen MR) is 53.0 cm³/mol. The molecule has 15 heavy (non-hydrogen) atoms. The molecule has 0 saturated heterocycles. The Labute approximate surface area is 87.2 Å². The summed E-state index contributed by atoms with van der Waals surface area (Å²) >= 11 is 0. The molecule has 0 amide bonds. The summed E-state index contributed by atoms with van der Waals surface area (Å²) in [7, 11) is -1.44. The van der Waals surface area contributed by atoms with E-state index in [9.17, 15) is 14.1 Å². The van der Waals surface area contributed by atoms with Crippen molar-refractivity contribution in [1.82, 2.24) is 0 Å². The van der Waals surface area contributed by atoms with Crippen molar-refractivity contribution in [2.75, 3.05) is 14.2 Å². The second-order valence-electron chi connectivity index (χ2n) is 2.80. The minimum atomic E-state index is -3.71. The van der Waals surface area contributed by atoms with Gasteiger partial charge in [-0.05, 0) is 6.07 Å². The highest BCUT2D eigenvalue weighted by atomic mass is 31.2. The van der Waals surface area contributed by atoms with Crippen molar-refractivity contribution < 1.29 is 23.1 Å². The van der Waals surface area contributed by atoms with E-state index >= 15 is 0 Å². The fourth-order valence-electron chi connectivity index (χ4n) is 1.13. The quantitative estimate of drug-likeness (QED) is 0.812. The van der Waals surface area contributed by atoms with Gasteiger partial charge in [-0.25, -0.2) is 4.39 Å². The van der Waals surface area contributed by atoms with Crippen LogP contribution in [0.15, 0.2) is 24.3 Å². The highest BCUT2D eigenvalue weighted by Crippen LogP contribution is 2.58. The van der Waals surface area contributed by atoms with E-state index in [1.165, 1.54) is 18.2 Å². The molecule has 1 aromatic carbocycles. The Bertz CT molecular complexity index is 374. The minimum Gasteiger partial charge on any atom is -0.376 e. The lowest BCUT2D eigenvalue weighted by Gasteiger charge is -2.20. The Hall–Kier alpha value is -0.740. The van der Waals surface area contributed by atoms with E-state index in [1.807, 2.05) is 0 Å². The third-order valence-corrected chi connectivity index (χ3v) is 3.89. The molecule has 0 saturated carbocycles. The van der Waals surface area contributed by atoms with Gasteiger partial charge in [-0.15, -0.1) is 0 Å². The van der Waals surface area contributed by atoms with Crippen LogP contribution in [0.2, 0.25) is 0 Å². The van der Waals surface area contributed by atoms with Crippen LogP contribution in [0.4, 0.5) is 4.39 Å². The number of hydrogen-bond donors (Lipinski definition) is 1. The first-order valence-corrected chi connectivity index (χ1v) is 5.80. The standard InChI is InChI=1S/C9H12FO4P/c1-13-15(12,14-2)9(11)7-5-3-4-6-8(7)10/h3-6,9,11H,1-2H3/t9-/m1/s1. The van der Waals surface area contributed by atoms with Crippen molar-refractivity contribution in [3.05, 3.63) is 35.6 Å². The van der Waals surface area contributed by atoms with Crippen LogP contribution in [0.1, 0.15) is 11.4 Å². The molecule has 0 aromatic heterocycles. The largest absolute Gasteiger partial charge is 0.376 e. The fraction of sp³-hybridized carbons (Fsp3) is 0.333. The molecular weight excluding hydrogens is 222 g/mol. The molecule has 0 radical (unpaired) electrons. The van der Waals surface area contributed by atoms with Gasteiger partial charge in [-0.1, -0.05) is 18.2 Å². The Morgan fingerprint density at radius 2 is 1.87 bits per heavy atom. The van der Waals surface area contributed by atoms with E-state index in [0.717, 1.165) is 20.3 Å². The number of aliphatic hydroxyl groups is 1. The summed E-state index contributed by atoms with van der Waals surface area (Å²) in [6, 6.07) is 5.48. The molecule has 0 bridgehead atoms. The molecule has 0 unspecified atom stereocenters. The predicted octanol–water partition coefficient (Wildman–Crippen LogP) is 2.30. The van der Waals surface area contributed by atoms with E-state index < -0.39 is 19.3 Å². The molecular formula is C9H12FO4P. The molecule has 4 nitrogen and oxygen atoms in total. The first kappa shape index (κ1) is 12.3. The second kappa shape index (κ2) is 4.86. The van der Waals surface area contributed by atoms with Gasteiger partial charge in [-0.2, -0.15) is 0 Å². The van der Waals surface area contributed by atoms with E-state index in [1.54, 1.807) is 0 Å². The molecule has 1 rings (SSSR count). The molecule has 0 aliphatic carbocycles. The normalized spacial score (nSPS) is 13.9. The number of aliphatic hydroxyl groups excluding tert-OH is 1. The molecule has 0 spiro atoms. The van der Waals surface area contributed by atoms with Gasteiger partial charge < -0.3 is 14.2 Å². The van der Waals surface area contributed by atoms with Crippen molar-refractivity contribution in [2.24, 2.45) is 0 Å². The van der Waals surface area contributed by atoms with E-state index in [-0.39, 0.29) is 5.56 Å². The van der Waals surface area contributed by atoms with Gasteiger partial charge in [0.05, 0.1) is 0 Å². The molecule has 1 aromatic rings. The van der Waals surface area contributed by atoms with Gasteiger partial charge in [0.2, 0.25) is 0 Å². The van der Waals surface area contributed by atoms with Crippen molar-refractivity contribution >= 4 is 7.60 Å². The molecule has 0 heterocycles. The first-order valence-electron chi connectivity index (χ1n) is 4.19. The molecule has 0 aliphatic heterocycles. The second-order valence-corrected chi connectivity index (χ2v) is 5.10. The molecule has 0 fully saturated rings. The maximum Gasteiger partial charge on any atom is 0.363 e. The molecule has 1 atom stereocenters. The monoisotopic (exact) mass is 234 g/mol. The third-order valence-electron chi connectivity index (χ3n) is 1.99. The molecule has 84 valence electrons. The van der Waals surface area contributed by atoms with Gasteiger partial charge in [0, 0.05) is 19.8 Å². The van der Waals surface area contributed by atoms with Gasteiger partial charge in [-0.3, -0.25) is 4.57 Å². The maximum atomic E-state index is 13.3. The van der Waals surface area contributed by atoms with Crippen LogP contribution < -0.4 is 0 Å².